The fraction of sp³-hybridized carbons (Fsp3) is 0. The first-order valence-corrected chi connectivity index (χ1v) is 23.9. The van der Waals surface area contributed by atoms with Crippen molar-refractivity contribution >= 4 is 30.8 Å². The third-order valence-electron chi connectivity index (χ3n) is 8.02. The molecule has 0 saturated heterocycles. The van der Waals surface area contributed by atoms with E-state index in [1.807, 2.05) is 204 Å². The summed E-state index contributed by atoms with van der Waals surface area (Å²) in [5, 5.41) is 3.22. The molecule has 0 aliphatic heterocycles. The van der Waals surface area contributed by atoms with Crippen LogP contribution in [0, 0.1) is 0 Å². The van der Waals surface area contributed by atoms with Crippen LogP contribution in [0.4, 0.5) is 11.4 Å². The molecule has 10 heterocycles. The van der Waals surface area contributed by atoms with Gasteiger partial charge in [-0.25, -0.2) is 0 Å². The zero-order valence-electron chi connectivity index (χ0n) is 34.5. The van der Waals surface area contributed by atoms with Gasteiger partial charge in [0.25, 0.3) is 0 Å². The Morgan fingerprint density at radius 2 is 0.400 bits per heavy atom. The van der Waals surface area contributed by atoms with E-state index in [1.54, 1.807) is 74.4 Å². The molecule has 326 valence electrons. The minimum absolute atomic E-state index is 0.915. The quantitative estimate of drug-likeness (QED) is 0.159. The van der Waals surface area contributed by atoms with Gasteiger partial charge in [0.2, 0.25) is 0 Å². The summed E-state index contributed by atoms with van der Waals surface area (Å²) in [5.74, 6) is 0. The number of halogens is 2. The number of nitrogens with zero attached hydrogens (tertiary/aromatic N) is 10. The van der Waals surface area contributed by atoms with E-state index < -0.39 is 0 Å². The van der Waals surface area contributed by atoms with Crippen LogP contribution in [0.15, 0.2) is 244 Å². The Kier molecular flexibility index (Phi) is 25.6. The summed E-state index contributed by atoms with van der Waals surface area (Å²) in [7, 11) is 9.14. The van der Waals surface area contributed by atoms with Gasteiger partial charge in [0.05, 0.1) is 45.6 Å². The average molecular weight is 1070 g/mol. The molecule has 0 radical (unpaired) electrons. The Morgan fingerprint density at radius 1 is 0.231 bits per heavy atom. The van der Waals surface area contributed by atoms with E-state index in [9.17, 15) is 0 Å². The van der Waals surface area contributed by atoms with Crippen LogP contribution in [0.1, 0.15) is 0 Å². The van der Waals surface area contributed by atoms with Crippen LogP contribution in [0.25, 0.3) is 45.6 Å². The first kappa shape index (κ1) is 50.8. The Balaban J connectivity index is 0.000000174. The summed E-state index contributed by atoms with van der Waals surface area (Å²) in [6, 6.07) is 54.0. The van der Waals surface area contributed by atoms with Gasteiger partial charge in [-0.1, -0.05) is 48.5 Å². The summed E-state index contributed by atoms with van der Waals surface area (Å²) in [6.45, 7) is 0. The maximum absolute atomic E-state index is 4.57. The fourth-order valence-electron chi connectivity index (χ4n) is 5.15. The second kappa shape index (κ2) is 32.8. The van der Waals surface area contributed by atoms with Crippen LogP contribution in [0.5, 0.6) is 0 Å². The van der Waals surface area contributed by atoms with Crippen LogP contribution in [-0.2, 0) is 34.6 Å². The summed E-state index contributed by atoms with van der Waals surface area (Å²) in [6.07, 6.45) is 21.2. The summed E-state index contributed by atoms with van der Waals surface area (Å²) in [4.78, 5) is 41.4. The van der Waals surface area contributed by atoms with Crippen molar-refractivity contribution in [1.82, 2.24) is 49.8 Å². The number of rotatable bonds is 6. The van der Waals surface area contributed by atoms with Crippen LogP contribution in [0.2, 0.25) is 0 Å². The molecule has 0 aromatic carbocycles. The van der Waals surface area contributed by atoms with Crippen molar-refractivity contribution in [3.05, 3.63) is 244 Å². The summed E-state index contributed by atoms with van der Waals surface area (Å²) in [5.41, 5.74) is 9.38. The summed E-state index contributed by atoms with van der Waals surface area (Å²) >= 11 is 3.64. The molecule has 0 aliphatic rings. The largest absolute Gasteiger partial charge is 0.355 e. The molecule has 1 N–H and O–H groups in total. The van der Waals surface area contributed by atoms with Gasteiger partial charge < -0.3 is 5.32 Å². The number of anilines is 2. The predicted molar refractivity (Wildman–Crippen MR) is 253 cm³/mol. The van der Waals surface area contributed by atoms with Crippen LogP contribution in [0.3, 0.4) is 0 Å². The first-order valence-electron chi connectivity index (χ1n) is 19.5. The van der Waals surface area contributed by atoms with Gasteiger partial charge in [-0.15, -0.1) is 0 Å². The Bertz CT molecular complexity index is 2140. The van der Waals surface area contributed by atoms with Crippen molar-refractivity contribution in [3.63, 3.8) is 0 Å². The molecular formula is C50H41Cl2N11Ru2. The van der Waals surface area contributed by atoms with E-state index in [1.165, 1.54) is 0 Å². The molecule has 10 rings (SSSR count). The molecular weight excluding hydrogens is 1030 g/mol. The van der Waals surface area contributed by atoms with Crippen molar-refractivity contribution in [3.8, 4) is 45.6 Å². The topological polar surface area (TPSA) is 141 Å². The molecule has 0 fully saturated rings. The second-order valence-corrected chi connectivity index (χ2v) is 12.3. The first-order chi connectivity index (χ1) is 32.3. The average Bonchev–Trinajstić information content (AvgIpc) is 3.43. The van der Waals surface area contributed by atoms with E-state index in [0.717, 1.165) is 56.9 Å². The van der Waals surface area contributed by atoms with E-state index in [-0.39, 0.29) is 0 Å². The molecule has 0 spiro atoms. The Labute approximate surface area is 407 Å². The van der Waals surface area contributed by atoms with Crippen molar-refractivity contribution in [2.75, 3.05) is 5.32 Å². The smallest absolute Gasteiger partial charge is 0.0886 e. The van der Waals surface area contributed by atoms with Gasteiger partial charge in [0.15, 0.2) is 0 Å². The molecule has 10 aromatic heterocycles. The monoisotopic (exact) mass is 1070 g/mol. The molecule has 10 aromatic rings. The molecule has 0 bridgehead atoms. The molecule has 15 heteroatoms. The van der Waals surface area contributed by atoms with E-state index in [0.29, 0.717) is 0 Å². The molecule has 11 nitrogen and oxygen atoms in total. The van der Waals surface area contributed by atoms with Crippen molar-refractivity contribution < 1.29 is 34.6 Å². The van der Waals surface area contributed by atoms with Gasteiger partial charge in [0, 0.05) is 85.7 Å². The van der Waals surface area contributed by atoms with E-state index in [2.05, 4.69) is 74.5 Å². The second-order valence-electron chi connectivity index (χ2n) is 12.3. The van der Waals surface area contributed by atoms with Crippen molar-refractivity contribution in [2.24, 2.45) is 0 Å². The number of nitrogens with one attached hydrogen (secondary N) is 1. The van der Waals surface area contributed by atoms with Gasteiger partial charge in [0.1, 0.15) is 0 Å². The molecule has 0 aliphatic carbocycles. The molecule has 0 unspecified atom stereocenters. The van der Waals surface area contributed by atoms with Crippen molar-refractivity contribution in [1.29, 1.82) is 0 Å². The zero-order valence-corrected chi connectivity index (χ0v) is 39.5. The van der Waals surface area contributed by atoms with Crippen LogP contribution >= 0.6 is 19.4 Å². The minimum atomic E-state index is 0.915. The zero-order chi connectivity index (χ0) is 45.8. The molecule has 0 amide bonds. The SMILES string of the molecule is [Cl][Ru].[Cl][Ru].c1cc(Nc2ccncc2)ccn1.c1ccc(-c2ccccn2)nc1.c1ccc(-c2ccccn2)nc1.c1ccc(-c2ccccn2)nc1.c1ccc(-c2ccccn2)nc1. The standard InChI is InChI=1S/C10H9N3.4C10H8N2.2ClH.2Ru/c1-5-11-6-2-9(1)13-10-3-7-12-8-4-10;4*1-3-7-11-9(5-1)10-6-2-4-8-12-10;;;;/h1-8H,(H,11,12,13);4*1-8H;2*1H;;/q;;;;;;;2*+1/p-2. The van der Waals surface area contributed by atoms with Gasteiger partial charge in [-0.2, -0.15) is 0 Å². The van der Waals surface area contributed by atoms with E-state index >= 15 is 0 Å². The van der Waals surface area contributed by atoms with Crippen molar-refractivity contribution in [2.45, 2.75) is 0 Å². The maximum Gasteiger partial charge on any atom is 0.0886 e. The Morgan fingerprint density at radius 3 is 0.538 bits per heavy atom. The Hall–Kier alpha value is -6.87. The number of hydrogen-bond acceptors (Lipinski definition) is 11. The van der Waals surface area contributed by atoms with Crippen LogP contribution in [-0.4, -0.2) is 49.8 Å². The maximum atomic E-state index is 4.57. The molecule has 0 atom stereocenters. The number of pyridine rings is 10. The predicted octanol–water partition coefficient (Wildman–Crippen LogP) is 12.2. The third-order valence-corrected chi connectivity index (χ3v) is 8.02. The van der Waals surface area contributed by atoms with Gasteiger partial charge >= 0.3 is 54.0 Å². The van der Waals surface area contributed by atoms with Gasteiger partial charge in [-0.3, -0.25) is 49.8 Å². The molecule has 65 heavy (non-hydrogen) atoms. The fourth-order valence-corrected chi connectivity index (χ4v) is 5.15. The van der Waals surface area contributed by atoms with Gasteiger partial charge in [-0.05, 0) is 121 Å². The van der Waals surface area contributed by atoms with E-state index in [4.69, 9.17) is 0 Å². The molecule has 0 saturated carbocycles. The minimum Gasteiger partial charge on any atom is -0.355 e. The number of aromatic nitrogens is 10. The van der Waals surface area contributed by atoms with Crippen LogP contribution < -0.4 is 5.32 Å². The third kappa shape index (κ3) is 20.0. The summed E-state index contributed by atoms with van der Waals surface area (Å²) < 4.78 is 0. The number of hydrogen-bond donors (Lipinski definition) is 1. The normalized spacial score (nSPS) is 9.23.